The lowest BCUT2D eigenvalue weighted by Crippen LogP contribution is -2.44. The molecule has 144 valence electrons. The molecular weight excluding hydrogens is 346 g/mol. The van der Waals surface area contributed by atoms with Crippen LogP contribution in [0.2, 0.25) is 0 Å². The Labute approximate surface area is 159 Å². The molecule has 2 aromatic carbocycles. The number of rotatable bonds is 2. The highest BCUT2D eigenvalue weighted by atomic mass is 19.2. The lowest BCUT2D eigenvalue weighted by atomic mass is 10.1. The minimum absolute atomic E-state index is 0.692. The van der Waals surface area contributed by atoms with Gasteiger partial charge in [0, 0.05) is 68.9 Å². The Morgan fingerprint density at radius 1 is 0.704 bits per heavy atom. The number of piperazine rings is 1. The van der Waals surface area contributed by atoms with Crippen LogP contribution >= 0.6 is 0 Å². The first-order valence-electron chi connectivity index (χ1n) is 9.49. The molecule has 27 heavy (non-hydrogen) atoms. The fraction of sp³-hybridized carbons (Fsp3) is 0.429. The molecule has 1 saturated heterocycles. The third-order valence-electron chi connectivity index (χ3n) is 5.58. The van der Waals surface area contributed by atoms with Crippen LogP contribution < -0.4 is 9.80 Å². The molecule has 0 spiro atoms. The number of benzene rings is 2. The van der Waals surface area contributed by atoms with E-state index in [1.54, 1.807) is 6.07 Å². The smallest absolute Gasteiger partial charge is 0.160 e. The van der Waals surface area contributed by atoms with Crippen molar-refractivity contribution in [2.24, 2.45) is 0 Å². The first-order valence-corrected chi connectivity index (χ1v) is 9.49. The van der Waals surface area contributed by atoms with Crippen LogP contribution in [-0.2, 0) is 6.54 Å². The van der Waals surface area contributed by atoms with Gasteiger partial charge in [0.2, 0.25) is 0 Å². The second-order valence-corrected chi connectivity index (χ2v) is 7.59. The predicted molar refractivity (Wildman–Crippen MR) is 106 cm³/mol. The average molecular weight is 372 g/mol. The van der Waals surface area contributed by atoms with Crippen molar-refractivity contribution in [3.63, 3.8) is 0 Å². The summed E-state index contributed by atoms with van der Waals surface area (Å²) in [6.45, 7) is 6.63. The number of nitrogens with zero attached hydrogens (tertiary/aromatic N) is 4. The number of likely N-dealkylation sites (N-methyl/N-ethyl adjacent to an activating group) is 2. The summed E-state index contributed by atoms with van der Waals surface area (Å²) in [5.74, 6) is -1.61. The summed E-state index contributed by atoms with van der Waals surface area (Å²) in [5, 5.41) is 0. The van der Waals surface area contributed by atoms with Crippen molar-refractivity contribution in [2.75, 3.05) is 63.2 Å². The minimum Gasteiger partial charge on any atom is -0.369 e. The van der Waals surface area contributed by atoms with Crippen molar-refractivity contribution in [3.05, 3.63) is 53.6 Å². The van der Waals surface area contributed by atoms with E-state index < -0.39 is 11.6 Å². The normalized spacial score (nSPS) is 19.1. The molecule has 0 amide bonds. The fourth-order valence-electron chi connectivity index (χ4n) is 3.91. The van der Waals surface area contributed by atoms with Crippen molar-refractivity contribution < 1.29 is 8.78 Å². The molecule has 0 aromatic heterocycles. The highest BCUT2D eigenvalue weighted by molar-refractivity contribution is 5.70. The molecule has 2 aliphatic rings. The first kappa shape index (κ1) is 18.2. The highest BCUT2D eigenvalue weighted by Crippen LogP contribution is 2.34. The molecule has 0 radical (unpaired) electrons. The quantitative estimate of drug-likeness (QED) is 0.802. The van der Waals surface area contributed by atoms with Gasteiger partial charge in [0.05, 0.1) is 0 Å². The molecule has 0 aliphatic carbocycles. The molecule has 4 rings (SSSR count). The molecule has 2 heterocycles. The maximum absolute atomic E-state index is 13.8. The molecule has 0 unspecified atom stereocenters. The van der Waals surface area contributed by atoms with Crippen LogP contribution in [0, 0.1) is 11.6 Å². The monoisotopic (exact) mass is 372 g/mol. The van der Waals surface area contributed by atoms with Gasteiger partial charge in [0.15, 0.2) is 11.6 Å². The van der Waals surface area contributed by atoms with Gasteiger partial charge < -0.3 is 19.6 Å². The minimum atomic E-state index is -0.809. The maximum Gasteiger partial charge on any atom is 0.160 e. The second-order valence-electron chi connectivity index (χ2n) is 7.59. The van der Waals surface area contributed by atoms with Crippen LogP contribution in [0.5, 0.6) is 0 Å². The Balaban J connectivity index is 1.68. The van der Waals surface area contributed by atoms with Crippen molar-refractivity contribution in [2.45, 2.75) is 6.54 Å². The Kier molecular flexibility index (Phi) is 5.02. The molecule has 0 atom stereocenters. The first-order chi connectivity index (χ1) is 13.0. The average Bonchev–Trinajstić information content (AvgIpc) is 2.82. The molecule has 0 bridgehead atoms. The number of hydrogen-bond acceptors (Lipinski definition) is 4. The van der Waals surface area contributed by atoms with E-state index in [1.807, 2.05) is 0 Å². The predicted octanol–water partition coefficient (Wildman–Crippen LogP) is 3.30. The van der Waals surface area contributed by atoms with E-state index in [9.17, 15) is 8.78 Å². The van der Waals surface area contributed by atoms with E-state index in [2.05, 4.69) is 51.9 Å². The summed E-state index contributed by atoms with van der Waals surface area (Å²) in [7, 11) is 4.25. The lowest BCUT2D eigenvalue weighted by Gasteiger charge is -2.34. The topological polar surface area (TPSA) is 13.0 Å². The van der Waals surface area contributed by atoms with Gasteiger partial charge in [-0.2, -0.15) is 0 Å². The van der Waals surface area contributed by atoms with Crippen LogP contribution in [0.25, 0.3) is 0 Å². The summed E-state index contributed by atoms with van der Waals surface area (Å²) in [6.07, 6.45) is 0. The number of fused-ring (bicyclic) bond motifs is 1. The van der Waals surface area contributed by atoms with Crippen LogP contribution in [-0.4, -0.2) is 63.2 Å². The summed E-state index contributed by atoms with van der Waals surface area (Å²) in [5.41, 5.74) is 4.22. The van der Waals surface area contributed by atoms with Gasteiger partial charge in [-0.15, -0.1) is 0 Å². The summed E-state index contributed by atoms with van der Waals surface area (Å²) in [4.78, 5) is 9.13. The molecule has 0 N–H and O–H groups in total. The summed E-state index contributed by atoms with van der Waals surface area (Å²) >= 11 is 0. The van der Waals surface area contributed by atoms with E-state index in [-0.39, 0.29) is 0 Å². The highest BCUT2D eigenvalue weighted by Gasteiger charge is 2.22. The molecule has 6 heteroatoms. The van der Waals surface area contributed by atoms with E-state index >= 15 is 0 Å². The molecule has 1 fully saturated rings. The van der Waals surface area contributed by atoms with Crippen LogP contribution in [0.1, 0.15) is 5.56 Å². The van der Waals surface area contributed by atoms with Crippen molar-refractivity contribution in [1.29, 1.82) is 0 Å². The van der Waals surface area contributed by atoms with Gasteiger partial charge >= 0.3 is 0 Å². The second kappa shape index (κ2) is 7.44. The SMILES string of the molecule is CN1CCN(c2ccc3c(c2)CN(C)CCN3c2ccc(F)c(F)c2)CC1. The summed E-state index contributed by atoms with van der Waals surface area (Å²) in [6, 6.07) is 10.7. The van der Waals surface area contributed by atoms with Gasteiger partial charge in [-0.25, -0.2) is 8.78 Å². The lowest BCUT2D eigenvalue weighted by molar-refractivity contribution is 0.312. The Hall–Kier alpha value is -2.18. The van der Waals surface area contributed by atoms with E-state index in [0.717, 1.165) is 51.5 Å². The van der Waals surface area contributed by atoms with Crippen LogP contribution in [0.3, 0.4) is 0 Å². The third-order valence-corrected chi connectivity index (χ3v) is 5.58. The van der Waals surface area contributed by atoms with Crippen molar-refractivity contribution in [3.8, 4) is 0 Å². The fourth-order valence-corrected chi connectivity index (χ4v) is 3.91. The molecule has 2 aliphatic heterocycles. The zero-order chi connectivity index (χ0) is 19.0. The van der Waals surface area contributed by atoms with Gasteiger partial charge in [0.1, 0.15) is 0 Å². The molecule has 4 nitrogen and oxygen atoms in total. The van der Waals surface area contributed by atoms with E-state index in [0.29, 0.717) is 5.69 Å². The van der Waals surface area contributed by atoms with Gasteiger partial charge in [-0.1, -0.05) is 0 Å². The number of hydrogen-bond donors (Lipinski definition) is 0. The van der Waals surface area contributed by atoms with E-state index in [1.165, 1.54) is 23.4 Å². The zero-order valence-electron chi connectivity index (χ0n) is 16.0. The number of anilines is 3. The van der Waals surface area contributed by atoms with Gasteiger partial charge in [-0.3, -0.25) is 0 Å². The van der Waals surface area contributed by atoms with Gasteiger partial charge in [0.25, 0.3) is 0 Å². The molecular formula is C21H26F2N4. The largest absolute Gasteiger partial charge is 0.369 e. The molecule has 2 aromatic rings. The Morgan fingerprint density at radius 3 is 2.15 bits per heavy atom. The Morgan fingerprint density at radius 2 is 1.41 bits per heavy atom. The third kappa shape index (κ3) is 3.77. The maximum atomic E-state index is 13.8. The molecule has 0 saturated carbocycles. The van der Waals surface area contributed by atoms with E-state index in [4.69, 9.17) is 0 Å². The van der Waals surface area contributed by atoms with Crippen molar-refractivity contribution >= 4 is 17.1 Å². The summed E-state index contributed by atoms with van der Waals surface area (Å²) < 4.78 is 27.2. The Bertz CT molecular complexity index is 818. The van der Waals surface area contributed by atoms with Crippen molar-refractivity contribution in [1.82, 2.24) is 9.80 Å². The number of halogens is 2. The zero-order valence-corrected chi connectivity index (χ0v) is 16.0. The van der Waals surface area contributed by atoms with Crippen LogP contribution in [0.4, 0.5) is 25.8 Å². The van der Waals surface area contributed by atoms with Gasteiger partial charge in [-0.05, 0) is 50.0 Å². The van der Waals surface area contributed by atoms with Crippen LogP contribution in [0.15, 0.2) is 36.4 Å². The standard InChI is InChI=1S/C21H26F2N4/c1-24-7-10-26(11-8-24)17-4-6-21-16(13-17)15-25(2)9-12-27(21)18-3-5-19(22)20(23)14-18/h3-6,13-14H,7-12,15H2,1-2H3.